The lowest BCUT2D eigenvalue weighted by Crippen LogP contribution is -2.26. The average Bonchev–Trinajstić information content (AvgIpc) is 2.50. The molecule has 0 saturated heterocycles. The van der Waals surface area contributed by atoms with E-state index in [2.05, 4.69) is 26.8 Å². The topological polar surface area (TPSA) is 33.0 Å². The van der Waals surface area contributed by atoms with Crippen molar-refractivity contribution in [3.63, 3.8) is 0 Å². The van der Waals surface area contributed by atoms with Crippen LogP contribution in [0.2, 0.25) is 0 Å². The first kappa shape index (κ1) is 17.5. The number of rotatable bonds is 8. The van der Waals surface area contributed by atoms with E-state index in [0.29, 0.717) is 12.0 Å². The molecule has 2 heteroatoms. The Bertz CT molecular complexity index is 288. The van der Waals surface area contributed by atoms with Gasteiger partial charge in [-0.15, -0.1) is 0 Å². The highest BCUT2D eigenvalue weighted by atomic mass is 16.5. The summed E-state index contributed by atoms with van der Waals surface area (Å²) in [7, 11) is 0. The van der Waals surface area contributed by atoms with Crippen molar-refractivity contribution in [1.82, 2.24) is 0 Å². The molecule has 0 N–H and O–H groups in total. The number of nitrogens with zero attached hydrogens (tertiary/aromatic N) is 1. The predicted octanol–water partition coefficient (Wildman–Crippen LogP) is 5.18. The third kappa shape index (κ3) is 6.27. The van der Waals surface area contributed by atoms with Crippen LogP contribution in [0.5, 0.6) is 0 Å². The van der Waals surface area contributed by atoms with Gasteiger partial charge in [-0.3, -0.25) is 0 Å². The van der Waals surface area contributed by atoms with Crippen LogP contribution in [-0.4, -0.2) is 12.7 Å². The molecule has 0 amide bonds. The molecule has 2 nitrogen and oxygen atoms in total. The minimum Gasteiger partial charge on any atom is -0.378 e. The maximum atomic E-state index is 8.85. The van der Waals surface area contributed by atoms with Gasteiger partial charge in [-0.05, 0) is 63.2 Å². The molecule has 0 bridgehead atoms. The van der Waals surface area contributed by atoms with Gasteiger partial charge in [0.2, 0.25) is 0 Å². The molecule has 0 spiro atoms. The Balaban J connectivity index is 2.19. The lowest BCUT2D eigenvalue weighted by Gasteiger charge is -2.33. The van der Waals surface area contributed by atoms with Crippen molar-refractivity contribution in [2.75, 3.05) is 6.61 Å². The van der Waals surface area contributed by atoms with Crippen molar-refractivity contribution in [1.29, 1.82) is 5.26 Å². The van der Waals surface area contributed by atoms with Gasteiger partial charge in [0, 0.05) is 12.5 Å². The lowest BCUT2D eigenvalue weighted by molar-refractivity contribution is -0.00405. The first-order valence-corrected chi connectivity index (χ1v) is 8.58. The average molecular weight is 279 g/mol. The van der Waals surface area contributed by atoms with Gasteiger partial charge in [0.15, 0.2) is 0 Å². The summed E-state index contributed by atoms with van der Waals surface area (Å²) in [6.45, 7) is 9.83. The predicted molar refractivity (Wildman–Crippen MR) is 84.3 cm³/mol. The molecule has 20 heavy (non-hydrogen) atoms. The Kier molecular flexibility index (Phi) is 8.22. The molecule has 1 rings (SSSR count). The van der Waals surface area contributed by atoms with Crippen molar-refractivity contribution in [3.8, 4) is 6.07 Å². The second kappa shape index (κ2) is 9.40. The molecule has 1 fully saturated rings. The smallest absolute Gasteiger partial charge is 0.0652 e. The number of hydrogen-bond acceptors (Lipinski definition) is 2. The molecule has 116 valence electrons. The Hall–Kier alpha value is -0.550. The molecule has 1 saturated carbocycles. The van der Waals surface area contributed by atoms with Crippen LogP contribution in [0.3, 0.4) is 0 Å². The van der Waals surface area contributed by atoms with Gasteiger partial charge in [-0.25, -0.2) is 0 Å². The van der Waals surface area contributed by atoms with E-state index >= 15 is 0 Å². The number of hydrogen-bond donors (Lipinski definition) is 0. The van der Waals surface area contributed by atoms with Crippen LogP contribution in [0.1, 0.15) is 72.6 Å². The van der Waals surface area contributed by atoms with Crippen LogP contribution in [0.25, 0.3) is 0 Å². The summed E-state index contributed by atoms with van der Waals surface area (Å²) < 4.78 is 6.04. The molecule has 0 aromatic heterocycles. The maximum absolute atomic E-state index is 8.85. The summed E-state index contributed by atoms with van der Waals surface area (Å²) in [5.74, 6) is 2.53. The highest BCUT2D eigenvalue weighted by Gasteiger charge is 2.25. The highest BCUT2D eigenvalue weighted by molar-refractivity contribution is 4.81. The summed E-state index contributed by atoms with van der Waals surface area (Å²) >= 11 is 0. The molecule has 1 aliphatic rings. The molecule has 0 aromatic carbocycles. The summed E-state index contributed by atoms with van der Waals surface area (Å²) in [6.07, 6.45) is 9.08. The first-order chi connectivity index (χ1) is 9.56. The zero-order valence-corrected chi connectivity index (χ0v) is 13.9. The van der Waals surface area contributed by atoms with E-state index in [1.807, 2.05) is 6.92 Å². The summed E-state index contributed by atoms with van der Waals surface area (Å²) in [6, 6.07) is 2.34. The summed E-state index contributed by atoms with van der Waals surface area (Å²) in [4.78, 5) is 0. The molecule has 0 aromatic rings. The zero-order valence-electron chi connectivity index (χ0n) is 13.9. The van der Waals surface area contributed by atoms with Gasteiger partial charge in [0.05, 0.1) is 12.2 Å². The first-order valence-electron chi connectivity index (χ1n) is 8.58. The van der Waals surface area contributed by atoms with E-state index in [1.165, 1.54) is 38.5 Å². The Morgan fingerprint density at radius 3 is 2.30 bits per heavy atom. The van der Waals surface area contributed by atoms with Gasteiger partial charge in [0.25, 0.3) is 0 Å². The van der Waals surface area contributed by atoms with E-state index in [1.54, 1.807) is 0 Å². The molecule has 3 atom stereocenters. The van der Waals surface area contributed by atoms with Gasteiger partial charge in [-0.1, -0.05) is 27.2 Å². The fourth-order valence-corrected chi connectivity index (χ4v) is 3.06. The molecule has 1 aliphatic carbocycles. The van der Waals surface area contributed by atoms with Gasteiger partial charge in [-0.2, -0.15) is 5.26 Å². The van der Waals surface area contributed by atoms with Gasteiger partial charge in [0.1, 0.15) is 0 Å². The molecular formula is C18H33NO. The van der Waals surface area contributed by atoms with E-state index in [0.717, 1.165) is 24.9 Å². The second-order valence-electron chi connectivity index (χ2n) is 6.97. The number of nitriles is 1. The number of ether oxygens (including phenoxy) is 1. The Morgan fingerprint density at radius 2 is 1.75 bits per heavy atom. The van der Waals surface area contributed by atoms with E-state index in [-0.39, 0.29) is 5.92 Å². The third-order valence-electron chi connectivity index (χ3n) is 5.11. The van der Waals surface area contributed by atoms with Crippen LogP contribution in [0.15, 0.2) is 0 Å². The fourth-order valence-electron chi connectivity index (χ4n) is 3.06. The van der Waals surface area contributed by atoms with Crippen molar-refractivity contribution in [2.24, 2.45) is 23.7 Å². The minimum atomic E-state index is 0.215. The standard InChI is InChI=1S/C18H33NO/c1-5-14(2)13-20-18-10-8-17(9-11-18)16(4)7-6-15(3)12-19/h14-18H,5-11,13H2,1-4H3. The van der Waals surface area contributed by atoms with E-state index in [9.17, 15) is 0 Å². The van der Waals surface area contributed by atoms with E-state index in [4.69, 9.17) is 10.00 Å². The summed E-state index contributed by atoms with van der Waals surface area (Å²) in [5.41, 5.74) is 0. The molecule has 0 aliphatic heterocycles. The van der Waals surface area contributed by atoms with Crippen molar-refractivity contribution >= 4 is 0 Å². The van der Waals surface area contributed by atoms with Crippen LogP contribution in [0.4, 0.5) is 0 Å². The minimum absolute atomic E-state index is 0.215. The second-order valence-corrected chi connectivity index (χ2v) is 6.97. The Labute approximate surface area is 125 Å². The molecular weight excluding hydrogens is 246 g/mol. The fraction of sp³-hybridized carbons (Fsp3) is 0.944. The molecule has 3 unspecified atom stereocenters. The SMILES string of the molecule is CCC(C)COC1CCC(C(C)CCC(C)C#N)CC1. The van der Waals surface area contributed by atoms with Crippen LogP contribution >= 0.6 is 0 Å². The van der Waals surface area contributed by atoms with Crippen molar-refractivity contribution < 1.29 is 4.74 Å². The van der Waals surface area contributed by atoms with Crippen molar-refractivity contribution in [3.05, 3.63) is 0 Å². The lowest BCUT2D eigenvalue weighted by atomic mass is 9.77. The quantitative estimate of drug-likeness (QED) is 0.613. The largest absolute Gasteiger partial charge is 0.378 e. The third-order valence-corrected chi connectivity index (χ3v) is 5.11. The molecule has 0 radical (unpaired) electrons. The van der Waals surface area contributed by atoms with Gasteiger partial charge >= 0.3 is 0 Å². The van der Waals surface area contributed by atoms with Crippen molar-refractivity contribution in [2.45, 2.75) is 78.7 Å². The van der Waals surface area contributed by atoms with Crippen LogP contribution < -0.4 is 0 Å². The van der Waals surface area contributed by atoms with Crippen LogP contribution in [0, 0.1) is 35.0 Å². The maximum Gasteiger partial charge on any atom is 0.0652 e. The highest BCUT2D eigenvalue weighted by Crippen LogP contribution is 2.34. The Morgan fingerprint density at radius 1 is 1.10 bits per heavy atom. The molecule has 0 heterocycles. The summed E-state index contributed by atoms with van der Waals surface area (Å²) in [5, 5.41) is 8.85. The monoisotopic (exact) mass is 279 g/mol. The van der Waals surface area contributed by atoms with Crippen LogP contribution in [-0.2, 0) is 4.74 Å². The van der Waals surface area contributed by atoms with E-state index < -0.39 is 0 Å². The van der Waals surface area contributed by atoms with Gasteiger partial charge < -0.3 is 4.74 Å². The normalized spacial score (nSPS) is 27.6. The zero-order chi connectivity index (χ0) is 15.0.